The lowest BCUT2D eigenvalue weighted by molar-refractivity contribution is -0.148. The highest BCUT2D eigenvalue weighted by molar-refractivity contribution is 7.80. The maximum Gasteiger partial charge on any atom is 0.244 e. The highest BCUT2D eigenvalue weighted by Crippen LogP contribution is 2.30. The summed E-state index contributed by atoms with van der Waals surface area (Å²) in [6.45, 7) is 6.01. The van der Waals surface area contributed by atoms with Crippen LogP contribution in [0.25, 0.3) is 0 Å². The van der Waals surface area contributed by atoms with E-state index in [4.69, 9.17) is 28.6 Å². The number of rotatable bonds is 7. The number of hydrogen-bond donors (Lipinski definition) is 2. The van der Waals surface area contributed by atoms with E-state index in [-0.39, 0.29) is 23.2 Å². The lowest BCUT2D eigenvalue weighted by Gasteiger charge is -2.34. The van der Waals surface area contributed by atoms with Crippen LogP contribution in [0.4, 0.5) is 0 Å². The van der Waals surface area contributed by atoms with Gasteiger partial charge in [0.15, 0.2) is 10.5 Å². The van der Waals surface area contributed by atoms with Crippen molar-refractivity contribution >= 4 is 40.7 Å². The summed E-state index contributed by atoms with van der Waals surface area (Å²) < 4.78 is 5.43. The summed E-state index contributed by atoms with van der Waals surface area (Å²) in [7, 11) is 0. The van der Waals surface area contributed by atoms with Gasteiger partial charge >= 0.3 is 0 Å². The number of hydrogen-bond acceptors (Lipinski definition) is 4. The molecule has 0 spiro atoms. The Morgan fingerprint density at radius 1 is 1.42 bits per heavy atom. The molecule has 19 heavy (non-hydrogen) atoms. The minimum atomic E-state index is -1.39. The minimum absolute atomic E-state index is 0.000585. The van der Waals surface area contributed by atoms with Gasteiger partial charge in [0.2, 0.25) is 11.8 Å². The first-order valence-electron chi connectivity index (χ1n) is 6.00. The largest absolute Gasteiger partial charge is 0.380 e. The third kappa shape index (κ3) is 3.99. The average Bonchev–Trinajstić information content (AvgIpc) is 2.30. The van der Waals surface area contributed by atoms with Gasteiger partial charge in [-0.2, -0.15) is 0 Å². The number of allylic oxidation sites excluding steroid dienone is 1. The number of carbonyl (C=O) groups is 2. The highest BCUT2D eigenvalue weighted by atomic mass is 35.5. The van der Waals surface area contributed by atoms with E-state index >= 15 is 0 Å². The summed E-state index contributed by atoms with van der Waals surface area (Å²) >= 11 is 10.5. The fourth-order valence-electron chi connectivity index (χ4n) is 1.74. The van der Waals surface area contributed by atoms with Crippen molar-refractivity contribution in [2.75, 3.05) is 13.2 Å². The normalized spacial score (nSPS) is 17.9. The molecule has 0 aliphatic carbocycles. The molecule has 0 radical (unpaired) electrons. The first kappa shape index (κ1) is 16.1. The minimum Gasteiger partial charge on any atom is -0.380 e. The summed E-state index contributed by atoms with van der Waals surface area (Å²) in [6.07, 6.45) is 1.85. The summed E-state index contributed by atoms with van der Waals surface area (Å²) in [6, 6.07) is 0. The lowest BCUT2D eigenvalue weighted by atomic mass is 9.82. The van der Waals surface area contributed by atoms with Crippen LogP contribution in [0.3, 0.4) is 0 Å². The second-order valence-electron chi connectivity index (χ2n) is 4.42. The molecule has 0 aromatic rings. The Morgan fingerprint density at radius 3 is 2.47 bits per heavy atom. The van der Waals surface area contributed by atoms with Gasteiger partial charge in [-0.3, -0.25) is 9.59 Å². The molecule has 1 aliphatic heterocycles. The molecule has 1 fully saturated rings. The van der Waals surface area contributed by atoms with Crippen LogP contribution in [0.1, 0.15) is 26.2 Å². The van der Waals surface area contributed by atoms with E-state index in [9.17, 15) is 9.59 Å². The van der Waals surface area contributed by atoms with Crippen molar-refractivity contribution in [3.8, 4) is 0 Å². The number of unbranched alkanes of at least 4 members (excludes halogenated alkanes) is 1. The van der Waals surface area contributed by atoms with Crippen LogP contribution >= 0.6 is 23.8 Å². The molecular weight excluding hydrogens is 288 g/mol. The summed E-state index contributed by atoms with van der Waals surface area (Å²) in [5.41, 5.74) is -1.39. The maximum atomic E-state index is 12.1. The maximum absolute atomic E-state index is 12.1. The van der Waals surface area contributed by atoms with Gasteiger partial charge < -0.3 is 15.4 Å². The van der Waals surface area contributed by atoms with Crippen molar-refractivity contribution in [3.05, 3.63) is 11.6 Å². The molecule has 1 saturated heterocycles. The van der Waals surface area contributed by atoms with Crippen molar-refractivity contribution in [1.82, 2.24) is 10.6 Å². The van der Waals surface area contributed by atoms with Crippen LogP contribution in [0.15, 0.2) is 11.6 Å². The average molecular weight is 305 g/mol. The van der Waals surface area contributed by atoms with E-state index in [1.54, 1.807) is 0 Å². The van der Waals surface area contributed by atoms with Crippen molar-refractivity contribution < 1.29 is 14.3 Å². The van der Waals surface area contributed by atoms with Crippen LogP contribution in [0, 0.1) is 5.41 Å². The molecule has 2 N–H and O–H groups in total. The number of carbonyl (C=O) groups excluding carboxylic acids is 2. The van der Waals surface area contributed by atoms with Crippen LogP contribution in [0.2, 0.25) is 0 Å². The Balaban J connectivity index is 2.84. The number of ether oxygens (including phenoxy) is 1. The zero-order valence-corrected chi connectivity index (χ0v) is 12.3. The molecule has 0 aromatic carbocycles. The Hall–Kier alpha value is -0.980. The van der Waals surface area contributed by atoms with Crippen molar-refractivity contribution in [3.63, 3.8) is 0 Å². The van der Waals surface area contributed by atoms with Crippen LogP contribution in [-0.2, 0) is 14.3 Å². The molecule has 1 rings (SSSR count). The second-order valence-corrected chi connectivity index (χ2v) is 5.36. The van der Waals surface area contributed by atoms with Gasteiger partial charge in [0.25, 0.3) is 0 Å². The van der Waals surface area contributed by atoms with E-state index in [0.717, 1.165) is 12.8 Å². The van der Waals surface area contributed by atoms with E-state index in [2.05, 4.69) is 17.2 Å². The smallest absolute Gasteiger partial charge is 0.244 e. The van der Waals surface area contributed by atoms with Crippen molar-refractivity contribution in [1.29, 1.82) is 0 Å². The Morgan fingerprint density at radius 2 is 2.00 bits per heavy atom. The van der Waals surface area contributed by atoms with Gasteiger partial charge in [-0.15, -0.1) is 0 Å². The fourth-order valence-corrected chi connectivity index (χ4v) is 2.16. The number of thiocarbonyl (C=S) groups is 1. The predicted octanol–water partition coefficient (Wildman–Crippen LogP) is 1.46. The van der Waals surface area contributed by atoms with E-state index < -0.39 is 17.2 Å². The molecule has 0 saturated carbocycles. The molecule has 5 nitrogen and oxygen atoms in total. The molecular formula is C12H17ClN2O3S. The Labute approximate surface area is 122 Å². The number of halogens is 1. The van der Waals surface area contributed by atoms with Crippen LogP contribution in [0.5, 0.6) is 0 Å². The second kappa shape index (κ2) is 6.98. The molecule has 0 bridgehead atoms. The fraction of sp³-hybridized carbons (Fsp3) is 0.583. The quantitative estimate of drug-likeness (QED) is 0.424. The van der Waals surface area contributed by atoms with Crippen LogP contribution in [-0.4, -0.2) is 30.1 Å². The topological polar surface area (TPSA) is 67.4 Å². The predicted molar refractivity (Wildman–Crippen MR) is 76.7 cm³/mol. The Bertz CT molecular complexity index is 392. The molecule has 1 heterocycles. The van der Waals surface area contributed by atoms with E-state index in [0.29, 0.717) is 6.61 Å². The first-order chi connectivity index (χ1) is 8.92. The SMILES string of the molecule is C=C(Cl)CC1(COCCCC)C(=O)NC(=S)NC1=O. The molecule has 7 heteroatoms. The monoisotopic (exact) mass is 304 g/mol. The molecule has 106 valence electrons. The lowest BCUT2D eigenvalue weighted by Crippen LogP contribution is -2.64. The first-order valence-corrected chi connectivity index (χ1v) is 6.79. The number of amides is 2. The zero-order chi connectivity index (χ0) is 14.5. The molecule has 1 aliphatic rings. The van der Waals surface area contributed by atoms with Gasteiger partial charge in [0.05, 0.1) is 6.61 Å². The zero-order valence-electron chi connectivity index (χ0n) is 10.8. The molecule has 0 atom stereocenters. The molecule has 0 aromatic heterocycles. The van der Waals surface area contributed by atoms with Crippen LogP contribution < -0.4 is 10.6 Å². The highest BCUT2D eigenvalue weighted by Gasteiger charge is 2.49. The number of nitrogens with one attached hydrogen (secondary N) is 2. The van der Waals surface area contributed by atoms with Crippen molar-refractivity contribution in [2.24, 2.45) is 5.41 Å². The van der Waals surface area contributed by atoms with E-state index in [1.807, 2.05) is 6.92 Å². The van der Waals surface area contributed by atoms with Gasteiger partial charge in [0, 0.05) is 18.1 Å². The van der Waals surface area contributed by atoms with Crippen molar-refractivity contribution in [2.45, 2.75) is 26.2 Å². The summed E-state index contributed by atoms with van der Waals surface area (Å²) in [5.74, 6) is -1.00. The van der Waals surface area contributed by atoms with Gasteiger partial charge in [-0.25, -0.2) is 0 Å². The molecule has 0 unspecified atom stereocenters. The standard InChI is InChI=1S/C12H17ClN2O3S/c1-3-4-5-18-7-12(6-8(2)13)9(16)14-11(19)15-10(12)17/h2-7H2,1H3,(H2,14,15,16,17,19). The van der Waals surface area contributed by atoms with E-state index in [1.165, 1.54) is 0 Å². The Kier molecular flexibility index (Phi) is 5.90. The summed E-state index contributed by atoms with van der Waals surface area (Å²) in [4.78, 5) is 24.2. The van der Waals surface area contributed by atoms with Gasteiger partial charge in [-0.1, -0.05) is 31.5 Å². The summed E-state index contributed by atoms with van der Waals surface area (Å²) in [5, 5.41) is 5.07. The third-order valence-corrected chi connectivity index (χ3v) is 3.15. The molecule has 2 amide bonds. The van der Waals surface area contributed by atoms with Gasteiger partial charge in [-0.05, 0) is 18.6 Å². The third-order valence-electron chi connectivity index (χ3n) is 2.81. The van der Waals surface area contributed by atoms with Gasteiger partial charge in [0.1, 0.15) is 0 Å².